The second kappa shape index (κ2) is 31.0. The summed E-state index contributed by atoms with van der Waals surface area (Å²) in [7, 11) is 0. The summed E-state index contributed by atoms with van der Waals surface area (Å²) in [5.41, 5.74) is 0. The summed E-state index contributed by atoms with van der Waals surface area (Å²) in [6.07, 6.45) is 35.2. The van der Waals surface area contributed by atoms with Crippen LogP contribution in [-0.2, 0) is 33.3 Å². The van der Waals surface area contributed by atoms with Crippen LogP contribution in [0.3, 0.4) is 0 Å². The molecule has 53 heavy (non-hydrogen) atoms. The third-order valence-electron chi connectivity index (χ3n) is 11.8. The van der Waals surface area contributed by atoms with Crippen LogP contribution in [0.25, 0.3) is 0 Å². The van der Waals surface area contributed by atoms with Crippen LogP contribution < -0.4 is 0 Å². The number of hydrogen-bond acceptors (Lipinski definition) is 7. The summed E-state index contributed by atoms with van der Waals surface area (Å²) < 4.78 is 28.1. The Balaban J connectivity index is 0.000000381. The maximum Gasteiger partial charge on any atom is 0.305 e. The normalized spacial score (nSPS) is 23.8. The fraction of sp³-hybridized carbons (Fsp3) is 0.957. The van der Waals surface area contributed by atoms with Gasteiger partial charge in [-0.2, -0.15) is 0 Å². The van der Waals surface area contributed by atoms with Gasteiger partial charge in [0.1, 0.15) is 0 Å². The average Bonchev–Trinajstić information content (AvgIpc) is 4.10. The number of carbonyl (C=O) groups excluding carboxylic acids is 2. The molecule has 3 fully saturated rings. The van der Waals surface area contributed by atoms with E-state index in [0.717, 1.165) is 51.4 Å². The molecule has 0 N–H and O–H groups in total. The molecule has 8 atom stereocenters. The quantitative estimate of drug-likeness (QED) is 0.0362. The van der Waals surface area contributed by atoms with Crippen molar-refractivity contribution in [2.45, 2.75) is 258 Å². The van der Waals surface area contributed by atoms with E-state index in [9.17, 15) is 9.59 Å². The Bertz CT molecular complexity index is 895. The van der Waals surface area contributed by atoms with Crippen LogP contribution >= 0.6 is 0 Å². The van der Waals surface area contributed by atoms with E-state index in [1.54, 1.807) is 0 Å². The molecule has 3 saturated heterocycles. The zero-order chi connectivity index (χ0) is 38.5. The van der Waals surface area contributed by atoms with Crippen molar-refractivity contribution in [1.29, 1.82) is 0 Å². The number of carbonyl (C=O) groups is 2. The van der Waals surface area contributed by atoms with Crippen LogP contribution in [0.2, 0.25) is 0 Å². The maximum atomic E-state index is 11.9. The molecule has 3 rings (SSSR count). The number of ether oxygens (including phenoxy) is 5. The van der Waals surface area contributed by atoms with Crippen molar-refractivity contribution < 1.29 is 33.3 Å². The van der Waals surface area contributed by atoms with Gasteiger partial charge in [-0.25, -0.2) is 0 Å². The van der Waals surface area contributed by atoms with Crippen molar-refractivity contribution in [3.05, 3.63) is 0 Å². The topological polar surface area (TPSA) is 90.2 Å². The number of epoxide rings is 3. The Kier molecular flexibility index (Phi) is 28.0. The van der Waals surface area contributed by atoms with Crippen molar-refractivity contribution in [3.8, 4) is 0 Å². The summed E-state index contributed by atoms with van der Waals surface area (Å²) in [5, 5.41) is 0. The molecule has 312 valence electrons. The minimum absolute atomic E-state index is 0.00267. The lowest BCUT2D eigenvalue weighted by molar-refractivity contribution is -0.146. The zero-order valence-electron chi connectivity index (χ0n) is 35.7. The molecule has 0 bridgehead atoms. The summed E-state index contributed by atoms with van der Waals surface area (Å²) in [4.78, 5) is 23.7. The summed E-state index contributed by atoms with van der Waals surface area (Å²) in [6, 6.07) is 0. The van der Waals surface area contributed by atoms with Gasteiger partial charge in [-0.1, -0.05) is 151 Å². The molecule has 0 aromatic rings. The molecule has 0 amide bonds. The Labute approximate surface area is 327 Å². The Morgan fingerprint density at radius 1 is 0.453 bits per heavy atom. The second-order valence-corrected chi connectivity index (χ2v) is 16.6. The van der Waals surface area contributed by atoms with Gasteiger partial charge in [0.15, 0.2) is 0 Å². The van der Waals surface area contributed by atoms with E-state index >= 15 is 0 Å². The van der Waals surface area contributed by atoms with Gasteiger partial charge in [-0.3, -0.25) is 9.59 Å². The van der Waals surface area contributed by atoms with Crippen molar-refractivity contribution in [2.24, 2.45) is 11.8 Å². The molecule has 0 radical (unpaired) electrons. The molecule has 0 spiro atoms. The maximum absolute atomic E-state index is 11.9. The van der Waals surface area contributed by atoms with Crippen LogP contribution in [0.1, 0.15) is 221 Å². The lowest BCUT2D eigenvalue weighted by Gasteiger charge is -2.14. The highest BCUT2D eigenvalue weighted by Crippen LogP contribution is 2.39. The van der Waals surface area contributed by atoms with Gasteiger partial charge in [0.2, 0.25) is 0 Å². The van der Waals surface area contributed by atoms with Gasteiger partial charge >= 0.3 is 11.9 Å². The van der Waals surface area contributed by atoms with E-state index in [1.807, 2.05) is 0 Å². The van der Waals surface area contributed by atoms with E-state index in [1.165, 1.54) is 116 Å². The Morgan fingerprint density at radius 3 is 1.23 bits per heavy atom. The van der Waals surface area contributed by atoms with Gasteiger partial charge in [-0.15, -0.1) is 0 Å². The molecule has 3 heterocycles. The standard InChI is InChI=1S/C26H48O4.C20H38O3/c1-4-7-12-16-22-24(29-22)19-25-23(30-25)17-13-10-9-11-14-18-26(27)28-20-21(6-3)15-8-5-2;1-4-7-13-17(5-2)16-22-20(21)15-12-10-8-9-11-14-19-18(6-3)23-19/h21-25H,4-20H2,1-3H3;17-19H,4-16H2,1-3H3. The molecule has 0 aliphatic carbocycles. The fourth-order valence-electron chi connectivity index (χ4n) is 7.55. The highest BCUT2D eigenvalue weighted by atomic mass is 16.6. The van der Waals surface area contributed by atoms with Crippen molar-refractivity contribution in [3.63, 3.8) is 0 Å². The predicted molar refractivity (Wildman–Crippen MR) is 218 cm³/mol. The zero-order valence-corrected chi connectivity index (χ0v) is 35.7. The van der Waals surface area contributed by atoms with Crippen molar-refractivity contribution in [2.75, 3.05) is 13.2 Å². The molecule has 3 aliphatic rings. The summed E-state index contributed by atoms with van der Waals surface area (Å²) in [5.74, 6) is 1.09. The van der Waals surface area contributed by atoms with E-state index in [2.05, 4.69) is 41.5 Å². The van der Waals surface area contributed by atoms with Crippen LogP contribution in [0, 0.1) is 11.8 Å². The minimum atomic E-state index is -0.00513. The number of unbranched alkanes of at least 4 members (excludes halogenated alkanes) is 12. The summed E-state index contributed by atoms with van der Waals surface area (Å²) >= 11 is 0. The molecular formula is C46H86O7. The van der Waals surface area contributed by atoms with Crippen molar-refractivity contribution >= 4 is 11.9 Å². The highest BCUT2D eigenvalue weighted by molar-refractivity contribution is 5.69. The second-order valence-electron chi connectivity index (χ2n) is 16.6. The fourth-order valence-corrected chi connectivity index (χ4v) is 7.55. The van der Waals surface area contributed by atoms with Gasteiger partial charge in [0.25, 0.3) is 0 Å². The van der Waals surface area contributed by atoms with Crippen molar-refractivity contribution in [1.82, 2.24) is 0 Å². The SMILES string of the molecule is CCCCC(CC)COC(=O)CCCCCCCC1OC1CC.CCCCCC1OC1CC1OC1CCCCCCCC(=O)OCC(CC)CCCC. The molecule has 0 aromatic carbocycles. The molecule has 7 heteroatoms. The molecule has 3 aliphatic heterocycles. The summed E-state index contributed by atoms with van der Waals surface area (Å²) in [6.45, 7) is 14.5. The monoisotopic (exact) mass is 751 g/mol. The smallest absolute Gasteiger partial charge is 0.305 e. The van der Waals surface area contributed by atoms with E-state index in [-0.39, 0.29) is 11.9 Å². The first-order valence-electron chi connectivity index (χ1n) is 23.2. The predicted octanol–water partition coefficient (Wildman–Crippen LogP) is 12.6. The van der Waals surface area contributed by atoms with E-state index < -0.39 is 0 Å². The van der Waals surface area contributed by atoms with Crippen LogP contribution in [-0.4, -0.2) is 61.8 Å². The van der Waals surface area contributed by atoms with E-state index in [4.69, 9.17) is 23.7 Å². The Morgan fingerprint density at radius 2 is 0.830 bits per heavy atom. The first-order valence-corrected chi connectivity index (χ1v) is 23.2. The Hall–Kier alpha value is -1.18. The van der Waals surface area contributed by atoms with E-state index in [0.29, 0.717) is 74.5 Å². The number of rotatable bonds is 35. The largest absolute Gasteiger partial charge is 0.465 e. The number of esters is 2. The first-order chi connectivity index (χ1) is 25.9. The van der Waals surface area contributed by atoms with Gasteiger partial charge in [0.05, 0.1) is 49.8 Å². The van der Waals surface area contributed by atoms with Crippen LogP contribution in [0.15, 0.2) is 0 Å². The van der Waals surface area contributed by atoms with Crippen LogP contribution in [0.4, 0.5) is 0 Å². The third kappa shape index (κ3) is 24.8. The third-order valence-corrected chi connectivity index (χ3v) is 11.8. The molecule has 0 saturated carbocycles. The highest BCUT2D eigenvalue weighted by Gasteiger charge is 2.47. The first kappa shape index (κ1) is 48.0. The van der Waals surface area contributed by atoms with Gasteiger partial charge in [0, 0.05) is 19.3 Å². The molecule has 8 unspecified atom stereocenters. The lowest BCUT2D eigenvalue weighted by atomic mass is 10.0. The minimum Gasteiger partial charge on any atom is -0.465 e. The average molecular weight is 751 g/mol. The molecular weight excluding hydrogens is 664 g/mol. The number of hydrogen-bond donors (Lipinski definition) is 0. The van der Waals surface area contributed by atoms with Gasteiger partial charge in [-0.05, 0) is 63.2 Å². The molecule has 7 nitrogen and oxygen atoms in total. The van der Waals surface area contributed by atoms with Gasteiger partial charge < -0.3 is 23.7 Å². The lowest BCUT2D eigenvalue weighted by Crippen LogP contribution is -2.13. The molecule has 0 aromatic heterocycles. The van der Waals surface area contributed by atoms with Crippen LogP contribution in [0.5, 0.6) is 0 Å².